The Labute approximate surface area is 108 Å². The molecule has 3 aromatic rings. The molecular formula is C12H5BrN2OS. The molecule has 17 heavy (non-hydrogen) atoms. The first-order valence-corrected chi connectivity index (χ1v) is 6.45. The van der Waals surface area contributed by atoms with Crippen LogP contribution in [0.25, 0.3) is 20.2 Å². The van der Waals surface area contributed by atoms with Crippen LogP contribution >= 0.6 is 27.3 Å². The monoisotopic (exact) mass is 304 g/mol. The molecule has 0 amide bonds. The van der Waals surface area contributed by atoms with Crippen LogP contribution in [0.4, 0.5) is 0 Å². The zero-order valence-electron chi connectivity index (χ0n) is 8.45. The topological polar surface area (TPSA) is 56.6 Å². The summed E-state index contributed by atoms with van der Waals surface area (Å²) in [5.41, 5.74) is 0.365. The van der Waals surface area contributed by atoms with E-state index in [1.54, 1.807) is 0 Å². The van der Waals surface area contributed by atoms with Crippen LogP contribution in [0.1, 0.15) is 5.56 Å². The van der Waals surface area contributed by atoms with Gasteiger partial charge in [-0.05, 0) is 12.1 Å². The van der Waals surface area contributed by atoms with Crippen LogP contribution in [0.5, 0.6) is 0 Å². The number of benzene rings is 1. The maximum atomic E-state index is 11.8. The maximum absolute atomic E-state index is 11.8. The quantitative estimate of drug-likeness (QED) is 0.692. The van der Waals surface area contributed by atoms with Crippen LogP contribution in [-0.2, 0) is 0 Å². The third kappa shape index (κ3) is 1.49. The molecule has 0 atom stereocenters. The molecule has 0 aliphatic heterocycles. The first-order chi connectivity index (χ1) is 8.20. The van der Waals surface area contributed by atoms with Crippen LogP contribution in [0.15, 0.2) is 33.7 Å². The number of rotatable bonds is 0. The summed E-state index contributed by atoms with van der Waals surface area (Å²) in [6.07, 6.45) is 1.47. The van der Waals surface area contributed by atoms with E-state index in [0.717, 1.165) is 19.3 Å². The van der Waals surface area contributed by atoms with Crippen molar-refractivity contribution >= 4 is 47.4 Å². The van der Waals surface area contributed by atoms with Gasteiger partial charge in [0, 0.05) is 20.8 Å². The molecular weight excluding hydrogens is 300 g/mol. The summed E-state index contributed by atoms with van der Waals surface area (Å²) in [4.78, 5) is 14.4. The van der Waals surface area contributed by atoms with Crippen molar-refractivity contribution in [2.75, 3.05) is 0 Å². The van der Waals surface area contributed by atoms with Crippen LogP contribution in [0, 0.1) is 11.3 Å². The Morgan fingerprint density at radius 2 is 2.24 bits per heavy atom. The number of thiophene rings is 1. The highest BCUT2D eigenvalue weighted by Gasteiger charge is 2.12. The summed E-state index contributed by atoms with van der Waals surface area (Å²) in [5, 5.41) is 10.5. The number of nitrogens with one attached hydrogen (secondary N) is 1. The summed E-state index contributed by atoms with van der Waals surface area (Å²) >= 11 is 4.87. The summed E-state index contributed by atoms with van der Waals surface area (Å²) in [7, 11) is 0. The molecule has 2 aromatic heterocycles. The largest absolute Gasteiger partial charge is 0.327 e. The molecule has 3 nitrogen and oxygen atoms in total. The Balaban J connectivity index is 2.65. The van der Waals surface area contributed by atoms with Gasteiger partial charge in [-0.15, -0.1) is 11.3 Å². The summed E-state index contributed by atoms with van der Waals surface area (Å²) in [6, 6.07) is 7.85. The first-order valence-electron chi connectivity index (χ1n) is 4.84. The van der Waals surface area contributed by atoms with Gasteiger partial charge in [-0.2, -0.15) is 5.26 Å². The van der Waals surface area contributed by atoms with Gasteiger partial charge in [0.2, 0.25) is 0 Å². The predicted octanol–water partition coefficient (Wildman–Crippen LogP) is 3.38. The maximum Gasteiger partial charge on any atom is 0.257 e. The van der Waals surface area contributed by atoms with Gasteiger partial charge in [0.25, 0.3) is 5.56 Å². The average molecular weight is 305 g/mol. The fourth-order valence-electron chi connectivity index (χ4n) is 1.84. The van der Waals surface area contributed by atoms with Crippen LogP contribution in [-0.4, -0.2) is 4.98 Å². The normalized spacial score (nSPS) is 10.8. The van der Waals surface area contributed by atoms with E-state index in [9.17, 15) is 4.79 Å². The Hall–Kier alpha value is -1.64. The Bertz CT molecular complexity index is 841. The van der Waals surface area contributed by atoms with Gasteiger partial charge in [0.05, 0.1) is 15.6 Å². The highest BCUT2D eigenvalue weighted by molar-refractivity contribution is 9.10. The molecule has 0 bridgehead atoms. The van der Waals surface area contributed by atoms with Crippen molar-refractivity contribution in [3.05, 3.63) is 44.8 Å². The minimum absolute atomic E-state index is 0.146. The zero-order valence-corrected chi connectivity index (χ0v) is 10.9. The fourth-order valence-corrected chi connectivity index (χ4v) is 3.56. The molecule has 0 radical (unpaired) electrons. The molecule has 3 rings (SSSR count). The highest BCUT2D eigenvalue weighted by Crippen LogP contribution is 2.34. The molecule has 2 heterocycles. The summed E-state index contributed by atoms with van der Waals surface area (Å²) in [5.74, 6) is 0. The number of fused-ring (bicyclic) bond motifs is 3. The van der Waals surface area contributed by atoms with Gasteiger partial charge in [-0.1, -0.05) is 22.0 Å². The van der Waals surface area contributed by atoms with E-state index in [1.165, 1.54) is 17.5 Å². The lowest BCUT2D eigenvalue weighted by Gasteiger charge is -1.92. The van der Waals surface area contributed by atoms with Crippen molar-refractivity contribution in [2.24, 2.45) is 0 Å². The van der Waals surface area contributed by atoms with Gasteiger partial charge in [-0.3, -0.25) is 4.79 Å². The number of H-pyrrole nitrogens is 1. The van der Waals surface area contributed by atoms with Gasteiger partial charge >= 0.3 is 0 Å². The van der Waals surface area contributed by atoms with Crippen molar-refractivity contribution in [1.29, 1.82) is 5.26 Å². The van der Waals surface area contributed by atoms with E-state index >= 15 is 0 Å². The Morgan fingerprint density at radius 1 is 1.41 bits per heavy atom. The lowest BCUT2D eigenvalue weighted by molar-refractivity contribution is 1.27. The second-order valence-electron chi connectivity index (χ2n) is 3.59. The minimum atomic E-state index is -0.146. The number of halogens is 1. The fraction of sp³-hybridized carbons (Fsp3) is 0. The minimum Gasteiger partial charge on any atom is -0.327 e. The third-order valence-corrected chi connectivity index (χ3v) is 4.27. The molecule has 0 saturated carbocycles. The second kappa shape index (κ2) is 3.69. The molecule has 0 aliphatic rings. The highest BCUT2D eigenvalue weighted by atomic mass is 79.9. The van der Waals surface area contributed by atoms with Gasteiger partial charge in [0.1, 0.15) is 6.07 Å². The van der Waals surface area contributed by atoms with Crippen molar-refractivity contribution in [3.8, 4) is 6.07 Å². The van der Waals surface area contributed by atoms with E-state index in [2.05, 4.69) is 27.0 Å². The lowest BCUT2D eigenvalue weighted by atomic mass is 10.1. The standard InChI is InChI=1S/C12H5BrN2OS/c13-7-1-2-8-9(3-7)17-11-6(4-14)5-15-12(16)10(8)11/h1-3,5H,(H,15,16). The number of aromatic amines is 1. The summed E-state index contributed by atoms with van der Waals surface area (Å²) < 4.78 is 2.72. The van der Waals surface area contributed by atoms with Crippen LogP contribution < -0.4 is 5.56 Å². The number of nitriles is 1. The van der Waals surface area contributed by atoms with Crippen molar-refractivity contribution in [2.45, 2.75) is 0 Å². The van der Waals surface area contributed by atoms with E-state index in [-0.39, 0.29) is 5.56 Å². The molecule has 0 unspecified atom stereocenters. The van der Waals surface area contributed by atoms with Crippen molar-refractivity contribution in [1.82, 2.24) is 4.98 Å². The Kier molecular flexibility index (Phi) is 2.28. The lowest BCUT2D eigenvalue weighted by Crippen LogP contribution is -2.04. The number of hydrogen-bond donors (Lipinski definition) is 1. The smallest absolute Gasteiger partial charge is 0.257 e. The number of nitrogens with zero attached hydrogens (tertiary/aromatic N) is 1. The molecule has 82 valence electrons. The predicted molar refractivity (Wildman–Crippen MR) is 72.4 cm³/mol. The molecule has 5 heteroatoms. The second-order valence-corrected chi connectivity index (χ2v) is 5.56. The molecule has 1 aromatic carbocycles. The van der Waals surface area contributed by atoms with Crippen LogP contribution in [0.2, 0.25) is 0 Å². The average Bonchev–Trinajstić information content (AvgIpc) is 2.68. The summed E-state index contributed by atoms with van der Waals surface area (Å²) in [6.45, 7) is 0. The molecule has 0 saturated heterocycles. The van der Waals surface area contributed by atoms with Crippen molar-refractivity contribution < 1.29 is 0 Å². The van der Waals surface area contributed by atoms with E-state index in [1.807, 2.05) is 18.2 Å². The SMILES string of the molecule is N#Cc1c[nH]c(=O)c2c1sc1cc(Br)ccc12. The van der Waals surface area contributed by atoms with E-state index in [0.29, 0.717) is 10.9 Å². The van der Waals surface area contributed by atoms with Gasteiger partial charge in [0.15, 0.2) is 0 Å². The Morgan fingerprint density at radius 3 is 3.00 bits per heavy atom. The number of hydrogen-bond acceptors (Lipinski definition) is 3. The molecule has 1 N–H and O–H groups in total. The van der Waals surface area contributed by atoms with E-state index < -0.39 is 0 Å². The van der Waals surface area contributed by atoms with Crippen LogP contribution in [0.3, 0.4) is 0 Å². The van der Waals surface area contributed by atoms with E-state index in [4.69, 9.17) is 5.26 Å². The third-order valence-electron chi connectivity index (χ3n) is 2.59. The molecule has 0 spiro atoms. The first kappa shape index (κ1) is 10.5. The molecule has 0 aliphatic carbocycles. The van der Waals surface area contributed by atoms with Crippen molar-refractivity contribution in [3.63, 3.8) is 0 Å². The van der Waals surface area contributed by atoms with Gasteiger partial charge in [-0.25, -0.2) is 0 Å². The van der Waals surface area contributed by atoms with Gasteiger partial charge < -0.3 is 4.98 Å². The number of pyridine rings is 1. The zero-order chi connectivity index (χ0) is 12.0. The molecule has 0 fully saturated rings. The number of aromatic nitrogens is 1.